The van der Waals surface area contributed by atoms with Gasteiger partial charge in [0, 0.05) is 25.6 Å². The average Bonchev–Trinajstić information content (AvgIpc) is 3.38. The van der Waals surface area contributed by atoms with Gasteiger partial charge in [0.2, 0.25) is 0 Å². The van der Waals surface area contributed by atoms with Gasteiger partial charge >= 0.3 is 0 Å². The number of aromatic nitrogens is 3. The summed E-state index contributed by atoms with van der Waals surface area (Å²) in [4.78, 5) is 19.4. The number of oxazole rings is 1. The molecule has 3 aromatic rings. The number of ether oxygens (including phenoxy) is 1. The third kappa shape index (κ3) is 4.04. The number of rotatable bonds is 6. The number of methoxy groups -OCH3 is 1. The molecule has 4 rings (SSSR count). The van der Waals surface area contributed by atoms with Crippen molar-refractivity contribution in [2.45, 2.75) is 39.7 Å². The second kappa shape index (κ2) is 8.11. The normalized spacial score (nSPS) is 13.6. The van der Waals surface area contributed by atoms with Crippen molar-refractivity contribution in [3.05, 3.63) is 59.6 Å². The first-order chi connectivity index (χ1) is 14.0. The summed E-state index contributed by atoms with van der Waals surface area (Å²) in [6, 6.07) is 7.58. The number of hydrogen-bond acceptors (Lipinski definition) is 5. The molecular formula is C22H26N4O3. The molecule has 0 saturated heterocycles. The van der Waals surface area contributed by atoms with Crippen LogP contribution in [0.5, 0.6) is 5.75 Å². The topological polar surface area (TPSA) is 73.4 Å². The Balaban J connectivity index is 1.48. The van der Waals surface area contributed by atoms with E-state index in [1.54, 1.807) is 29.1 Å². The molecule has 3 heterocycles. The number of benzene rings is 1. The smallest absolute Gasteiger partial charge is 0.257 e. The molecule has 0 unspecified atom stereocenters. The van der Waals surface area contributed by atoms with E-state index in [1.165, 1.54) is 0 Å². The minimum absolute atomic E-state index is 0.0523. The van der Waals surface area contributed by atoms with Crippen LogP contribution in [0.15, 0.2) is 41.1 Å². The number of aryl methyl sites for hydroxylation is 1. The Bertz CT molecular complexity index is 1010. The predicted molar refractivity (Wildman–Crippen MR) is 108 cm³/mol. The highest BCUT2D eigenvalue weighted by Gasteiger charge is 2.27. The third-order valence-electron chi connectivity index (χ3n) is 5.16. The van der Waals surface area contributed by atoms with Crippen molar-refractivity contribution in [1.82, 2.24) is 19.7 Å². The lowest BCUT2D eigenvalue weighted by Crippen LogP contribution is -2.35. The molecule has 1 aliphatic heterocycles. The van der Waals surface area contributed by atoms with E-state index in [0.29, 0.717) is 36.7 Å². The van der Waals surface area contributed by atoms with Gasteiger partial charge in [-0.1, -0.05) is 26.0 Å². The van der Waals surface area contributed by atoms with Crippen molar-refractivity contribution >= 4 is 5.91 Å². The van der Waals surface area contributed by atoms with Crippen LogP contribution in [0.4, 0.5) is 0 Å². The molecule has 7 nitrogen and oxygen atoms in total. The van der Waals surface area contributed by atoms with Gasteiger partial charge in [-0.15, -0.1) is 0 Å². The molecule has 2 aromatic heterocycles. The van der Waals surface area contributed by atoms with Crippen molar-refractivity contribution in [3.63, 3.8) is 0 Å². The van der Waals surface area contributed by atoms with Gasteiger partial charge in [0.25, 0.3) is 5.91 Å². The Hall–Kier alpha value is -3.09. The van der Waals surface area contributed by atoms with Crippen molar-refractivity contribution < 1.29 is 13.9 Å². The van der Waals surface area contributed by atoms with E-state index in [4.69, 9.17) is 9.15 Å². The Labute approximate surface area is 170 Å². The zero-order chi connectivity index (χ0) is 20.4. The molecule has 0 atom stereocenters. The molecule has 7 heteroatoms. The van der Waals surface area contributed by atoms with Crippen LogP contribution in [0.3, 0.4) is 0 Å². The Morgan fingerprint density at radius 2 is 2.14 bits per heavy atom. The molecule has 0 saturated carbocycles. The number of amides is 1. The van der Waals surface area contributed by atoms with Gasteiger partial charge < -0.3 is 14.1 Å². The number of para-hydroxylation sites is 2. The van der Waals surface area contributed by atoms with E-state index in [2.05, 4.69) is 23.9 Å². The van der Waals surface area contributed by atoms with Crippen LogP contribution in [0.25, 0.3) is 5.69 Å². The second-order valence-electron chi connectivity index (χ2n) is 7.73. The maximum atomic E-state index is 13.0. The Morgan fingerprint density at radius 3 is 2.93 bits per heavy atom. The van der Waals surface area contributed by atoms with Gasteiger partial charge in [0.15, 0.2) is 5.89 Å². The zero-order valence-corrected chi connectivity index (χ0v) is 17.1. The van der Waals surface area contributed by atoms with Crippen LogP contribution in [-0.2, 0) is 19.4 Å². The van der Waals surface area contributed by atoms with E-state index in [9.17, 15) is 4.79 Å². The molecule has 1 aromatic carbocycles. The summed E-state index contributed by atoms with van der Waals surface area (Å²) in [5.41, 5.74) is 2.21. The lowest BCUT2D eigenvalue weighted by molar-refractivity contribution is 0.0728. The van der Waals surface area contributed by atoms with Crippen LogP contribution in [-0.4, -0.2) is 39.2 Å². The lowest BCUT2D eigenvalue weighted by atomic mass is 10.1. The standard InChI is InChI=1S/C22H26N4O3/c1-15(2)8-9-21-24-17-14-25(11-10-19(17)29-21)22(27)16-12-23-26(13-16)18-6-4-5-7-20(18)28-3/h4-7,12-13,15H,8-11,14H2,1-3H3. The van der Waals surface area contributed by atoms with Crippen LogP contribution >= 0.6 is 0 Å². The van der Waals surface area contributed by atoms with E-state index < -0.39 is 0 Å². The fraction of sp³-hybridized carbons (Fsp3) is 0.409. The summed E-state index contributed by atoms with van der Waals surface area (Å²) in [6.45, 7) is 5.46. The van der Waals surface area contributed by atoms with Gasteiger partial charge in [-0.3, -0.25) is 4.79 Å². The minimum atomic E-state index is -0.0523. The molecule has 0 radical (unpaired) electrons. The van der Waals surface area contributed by atoms with E-state index in [0.717, 1.165) is 35.9 Å². The Kier molecular flexibility index (Phi) is 5.38. The van der Waals surface area contributed by atoms with Gasteiger partial charge in [0.05, 0.1) is 25.4 Å². The largest absolute Gasteiger partial charge is 0.494 e. The molecule has 0 aliphatic carbocycles. The average molecular weight is 394 g/mol. The van der Waals surface area contributed by atoms with Crippen LogP contribution < -0.4 is 4.74 Å². The molecule has 1 aliphatic rings. The summed E-state index contributed by atoms with van der Waals surface area (Å²) in [5, 5.41) is 4.36. The number of fused-ring (bicyclic) bond motifs is 1. The van der Waals surface area contributed by atoms with E-state index in [1.807, 2.05) is 24.3 Å². The summed E-state index contributed by atoms with van der Waals surface area (Å²) >= 11 is 0. The molecule has 152 valence electrons. The summed E-state index contributed by atoms with van der Waals surface area (Å²) < 4.78 is 13.0. The van der Waals surface area contributed by atoms with Crippen LogP contribution in [0.1, 0.15) is 48.0 Å². The number of carbonyl (C=O) groups excluding carboxylic acids is 1. The summed E-state index contributed by atoms with van der Waals surface area (Å²) in [5.74, 6) is 2.95. The maximum absolute atomic E-state index is 13.0. The molecule has 0 bridgehead atoms. The SMILES string of the molecule is COc1ccccc1-n1cc(C(=O)N2CCc3oc(CCC(C)C)nc3C2)cn1. The van der Waals surface area contributed by atoms with E-state index in [-0.39, 0.29) is 5.91 Å². The van der Waals surface area contributed by atoms with Crippen LogP contribution in [0, 0.1) is 5.92 Å². The lowest BCUT2D eigenvalue weighted by Gasteiger charge is -2.24. The fourth-order valence-corrected chi connectivity index (χ4v) is 3.51. The molecule has 0 N–H and O–H groups in total. The summed E-state index contributed by atoms with van der Waals surface area (Å²) in [6.07, 6.45) is 5.92. The van der Waals surface area contributed by atoms with Crippen LogP contribution in [0.2, 0.25) is 0 Å². The van der Waals surface area contributed by atoms with Crippen molar-refractivity contribution in [1.29, 1.82) is 0 Å². The number of hydrogen-bond donors (Lipinski definition) is 0. The molecule has 0 fully saturated rings. The first-order valence-corrected chi connectivity index (χ1v) is 10.00. The monoisotopic (exact) mass is 394 g/mol. The first kappa shape index (κ1) is 19.2. The molecule has 0 spiro atoms. The highest BCUT2D eigenvalue weighted by molar-refractivity contribution is 5.94. The first-order valence-electron chi connectivity index (χ1n) is 10.00. The maximum Gasteiger partial charge on any atom is 0.257 e. The number of nitrogens with zero attached hydrogens (tertiary/aromatic N) is 4. The van der Waals surface area contributed by atoms with Gasteiger partial charge in [-0.25, -0.2) is 9.67 Å². The fourth-order valence-electron chi connectivity index (χ4n) is 3.51. The van der Waals surface area contributed by atoms with Crippen molar-refractivity contribution in [2.24, 2.45) is 5.92 Å². The van der Waals surface area contributed by atoms with Gasteiger partial charge in [-0.2, -0.15) is 5.10 Å². The molecule has 1 amide bonds. The van der Waals surface area contributed by atoms with E-state index >= 15 is 0 Å². The van der Waals surface area contributed by atoms with Crippen molar-refractivity contribution in [3.8, 4) is 11.4 Å². The highest BCUT2D eigenvalue weighted by Crippen LogP contribution is 2.24. The predicted octanol–water partition coefficient (Wildman–Crippen LogP) is 3.66. The number of carbonyl (C=O) groups is 1. The Morgan fingerprint density at radius 1 is 1.31 bits per heavy atom. The molecule has 29 heavy (non-hydrogen) atoms. The third-order valence-corrected chi connectivity index (χ3v) is 5.16. The van der Waals surface area contributed by atoms with Gasteiger partial charge in [-0.05, 0) is 24.5 Å². The van der Waals surface area contributed by atoms with Crippen molar-refractivity contribution in [2.75, 3.05) is 13.7 Å². The minimum Gasteiger partial charge on any atom is -0.494 e. The summed E-state index contributed by atoms with van der Waals surface area (Å²) in [7, 11) is 1.62. The molecular weight excluding hydrogens is 368 g/mol. The second-order valence-corrected chi connectivity index (χ2v) is 7.73. The highest BCUT2D eigenvalue weighted by atomic mass is 16.5. The van der Waals surface area contributed by atoms with Gasteiger partial charge in [0.1, 0.15) is 22.9 Å². The zero-order valence-electron chi connectivity index (χ0n) is 17.1. The quantitative estimate of drug-likeness (QED) is 0.638.